The quantitative estimate of drug-likeness (QED) is 0.552. The van der Waals surface area contributed by atoms with Crippen LogP contribution in [0, 0.1) is 5.41 Å². The van der Waals surface area contributed by atoms with Crippen LogP contribution in [-0.4, -0.2) is 56.9 Å². The van der Waals surface area contributed by atoms with Crippen molar-refractivity contribution in [2.24, 2.45) is 5.41 Å². The van der Waals surface area contributed by atoms with Gasteiger partial charge in [-0.3, -0.25) is 4.98 Å². The van der Waals surface area contributed by atoms with Gasteiger partial charge >= 0.3 is 6.18 Å². The Bertz CT molecular complexity index is 1170. The second-order valence-electron chi connectivity index (χ2n) is 10.7. The predicted octanol–water partition coefficient (Wildman–Crippen LogP) is 4.63. The number of piperidine rings is 1. The first kappa shape index (κ1) is 24.1. The maximum absolute atomic E-state index is 12.8. The Hall–Kier alpha value is -2.30. The van der Waals surface area contributed by atoms with Crippen molar-refractivity contribution in [2.45, 2.75) is 50.3 Å². The van der Waals surface area contributed by atoms with Gasteiger partial charge in [0.15, 0.2) is 0 Å². The van der Waals surface area contributed by atoms with Crippen LogP contribution in [0.4, 0.5) is 19.0 Å². The molecule has 0 bridgehead atoms. The zero-order valence-corrected chi connectivity index (χ0v) is 21.0. The molecule has 36 heavy (non-hydrogen) atoms. The van der Waals surface area contributed by atoms with Crippen molar-refractivity contribution in [1.82, 2.24) is 14.3 Å². The SMILES string of the molecule is C[S+]([O-])N1CC=C(c2cc3c(cn2)OC2(C3)CC3(CCN(c4ccc(C(F)(F)F)cn4)CC3)C2)CC1. The highest BCUT2D eigenvalue weighted by Gasteiger charge is 2.59. The number of hydrogen-bond donors (Lipinski definition) is 0. The molecule has 0 N–H and O–H groups in total. The number of hydrogen-bond acceptors (Lipinski definition) is 6. The van der Waals surface area contributed by atoms with Gasteiger partial charge in [-0.1, -0.05) is 6.08 Å². The van der Waals surface area contributed by atoms with Crippen LogP contribution in [-0.2, 0) is 24.0 Å². The number of anilines is 1. The zero-order valence-electron chi connectivity index (χ0n) is 20.2. The van der Waals surface area contributed by atoms with E-state index in [1.165, 1.54) is 17.2 Å². The molecule has 0 aromatic carbocycles. The number of pyridine rings is 2. The highest BCUT2D eigenvalue weighted by molar-refractivity contribution is 7.88. The summed E-state index contributed by atoms with van der Waals surface area (Å²) in [6.07, 6.45) is 7.96. The standard InChI is InChI=1S/C26H29F3N4O2S/c1-36(34)33-8-4-18(5-9-33)21-12-19-13-25(35-22(19)15-30-21)16-24(17-25)6-10-32(11-7-24)23-3-2-20(14-31-23)26(27,28)29/h2-4,12,14-15H,5-11,13,16-17H2,1H3. The van der Waals surface area contributed by atoms with Crippen LogP contribution in [0.1, 0.15) is 48.9 Å². The number of ether oxygens (including phenoxy) is 1. The molecule has 4 aliphatic rings. The van der Waals surface area contributed by atoms with E-state index < -0.39 is 23.1 Å². The highest BCUT2D eigenvalue weighted by atomic mass is 32.2. The minimum Gasteiger partial charge on any atom is -0.598 e. The molecule has 2 spiro atoms. The van der Waals surface area contributed by atoms with E-state index in [-0.39, 0.29) is 11.0 Å². The van der Waals surface area contributed by atoms with Crippen LogP contribution in [0.5, 0.6) is 5.75 Å². The van der Waals surface area contributed by atoms with Crippen molar-refractivity contribution < 1.29 is 22.5 Å². The molecule has 1 saturated heterocycles. The lowest BCUT2D eigenvalue weighted by Crippen LogP contribution is -2.58. The third kappa shape index (κ3) is 4.37. The molecule has 1 atom stereocenters. The molecule has 6 nitrogen and oxygen atoms in total. The number of nitrogens with zero attached hydrogens (tertiary/aromatic N) is 4. The normalized spacial score (nSPS) is 23.7. The van der Waals surface area contributed by atoms with Crippen LogP contribution in [0.15, 0.2) is 36.7 Å². The molecule has 1 aliphatic carbocycles. The average molecular weight is 519 g/mol. The van der Waals surface area contributed by atoms with Crippen LogP contribution in [0.3, 0.4) is 0 Å². The summed E-state index contributed by atoms with van der Waals surface area (Å²) < 4.78 is 58.6. The van der Waals surface area contributed by atoms with Crippen LogP contribution in [0.2, 0.25) is 0 Å². The second kappa shape index (κ2) is 8.63. The largest absolute Gasteiger partial charge is 0.598 e. The van der Waals surface area contributed by atoms with E-state index in [1.807, 2.05) is 10.5 Å². The van der Waals surface area contributed by atoms with Crippen LogP contribution >= 0.6 is 0 Å². The van der Waals surface area contributed by atoms with Gasteiger partial charge in [0, 0.05) is 49.2 Å². The summed E-state index contributed by atoms with van der Waals surface area (Å²) in [5.41, 5.74) is 2.76. The van der Waals surface area contributed by atoms with Crippen LogP contribution in [0.25, 0.3) is 5.57 Å². The number of fused-ring (bicyclic) bond motifs is 1. The molecule has 0 amide bonds. The molecule has 2 fully saturated rings. The molecule has 6 rings (SSSR count). The molecule has 1 saturated carbocycles. The topological polar surface area (TPSA) is 64.6 Å². The Kier molecular flexibility index (Phi) is 5.77. The van der Waals surface area contributed by atoms with Crippen molar-refractivity contribution in [3.63, 3.8) is 0 Å². The lowest BCUT2D eigenvalue weighted by atomic mass is 9.54. The molecule has 192 valence electrons. The van der Waals surface area contributed by atoms with Gasteiger partial charge in [-0.2, -0.15) is 13.2 Å². The first-order valence-corrected chi connectivity index (χ1v) is 13.9. The Morgan fingerprint density at radius 3 is 2.47 bits per heavy atom. The third-order valence-electron chi connectivity index (χ3n) is 8.27. The number of rotatable bonds is 3. The fraction of sp³-hybridized carbons (Fsp3) is 0.538. The third-order valence-corrected chi connectivity index (χ3v) is 9.33. The van der Waals surface area contributed by atoms with Gasteiger partial charge in [0.1, 0.15) is 23.4 Å². The summed E-state index contributed by atoms with van der Waals surface area (Å²) in [5, 5.41) is 0. The Morgan fingerprint density at radius 2 is 1.86 bits per heavy atom. The molecule has 0 radical (unpaired) electrons. The van der Waals surface area contributed by atoms with Gasteiger partial charge in [0.05, 0.1) is 24.0 Å². The van der Waals surface area contributed by atoms with Crippen molar-refractivity contribution in [1.29, 1.82) is 0 Å². The van der Waals surface area contributed by atoms with Gasteiger partial charge < -0.3 is 14.2 Å². The van der Waals surface area contributed by atoms with Crippen molar-refractivity contribution in [3.05, 3.63) is 53.5 Å². The Morgan fingerprint density at radius 1 is 1.08 bits per heavy atom. The summed E-state index contributed by atoms with van der Waals surface area (Å²) in [6.45, 7) is 3.04. The molecule has 3 aliphatic heterocycles. The molecule has 5 heterocycles. The first-order valence-electron chi connectivity index (χ1n) is 12.4. The summed E-state index contributed by atoms with van der Waals surface area (Å²) in [7, 11) is 0. The molecule has 10 heteroatoms. The summed E-state index contributed by atoms with van der Waals surface area (Å²) in [5.74, 6) is 1.49. The van der Waals surface area contributed by atoms with E-state index in [9.17, 15) is 17.7 Å². The van der Waals surface area contributed by atoms with Gasteiger partial charge in [0.2, 0.25) is 0 Å². The minimum absolute atomic E-state index is 0.158. The lowest BCUT2D eigenvalue weighted by Gasteiger charge is -2.57. The number of halogens is 3. The number of aromatic nitrogens is 2. The summed E-state index contributed by atoms with van der Waals surface area (Å²) in [4.78, 5) is 10.8. The van der Waals surface area contributed by atoms with Gasteiger partial charge in [-0.25, -0.2) is 4.98 Å². The Balaban J connectivity index is 1.06. The fourth-order valence-electron chi connectivity index (χ4n) is 6.44. The molecule has 1 unspecified atom stereocenters. The van der Waals surface area contributed by atoms with Crippen molar-refractivity contribution in [3.8, 4) is 5.75 Å². The van der Waals surface area contributed by atoms with E-state index in [2.05, 4.69) is 27.0 Å². The minimum atomic E-state index is -4.36. The van der Waals surface area contributed by atoms with E-state index >= 15 is 0 Å². The van der Waals surface area contributed by atoms with E-state index in [1.54, 1.807) is 6.26 Å². The second-order valence-corrected chi connectivity index (χ2v) is 12.0. The van der Waals surface area contributed by atoms with Crippen molar-refractivity contribution in [2.75, 3.05) is 37.3 Å². The monoisotopic (exact) mass is 518 g/mol. The molecule has 2 aromatic heterocycles. The maximum atomic E-state index is 12.8. The molecular formula is C26H29F3N4O2S. The first-order chi connectivity index (χ1) is 17.1. The van der Waals surface area contributed by atoms with Crippen molar-refractivity contribution >= 4 is 22.8 Å². The average Bonchev–Trinajstić information content (AvgIpc) is 3.22. The van der Waals surface area contributed by atoms with E-state index in [4.69, 9.17) is 4.74 Å². The predicted molar refractivity (Wildman–Crippen MR) is 132 cm³/mol. The molecule has 2 aromatic rings. The van der Waals surface area contributed by atoms with Gasteiger partial charge in [0.25, 0.3) is 0 Å². The highest BCUT2D eigenvalue weighted by Crippen LogP contribution is 2.60. The smallest absolute Gasteiger partial charge is 0.417 e. The molecular weight excluding hydrogens is 489 g/mol. The summed E-state index contributed by atoms with van der Waals surface area (Å²) >= 11 is -0.949. The fourth-order valence-corrected chi connectivity index (χ4v) is 7.07. The summed E-state index contributed by atoms with van der Waals surface area (Å²) in [6, 6.07) is 4.75. The zero-order chi connectivity index (χ0) is 25.1. The van der Waals surface area contributed by atoms with Gasteiger partial charge in [-0.05, 0) is 61.3 Å². The van der Waals surface area contributed by atoms with E-state index in [0.717, 1.165) is 81.9 Å². The van der Waals surface area contributed by atoms with Gasteiger partial charge in [-0.15, -0.1) is 4.31 Å². The lowest BCUT2D eigenvalue weighted by molar-refractivity contribution is -0.137. The number of alkyl halides is 3. The Labute approximate surface area is 211 Å². The van der Waals surface area contributed by atoms with Crippen LogP contribution < -0.4 is 9.64 Å². The van der Waals surface area contributed by atoms with E-state index in [0.29, 0.717) is 12.4 Å². The maximum Gasteiger partial charge on any atom is 0.417 e.